The predicted octanol–water partition coefficient (Wildman–Crippen LogP) is 0.559. The Hall–Kier alpha value is -1.10. The molecule has 5 nitrogen and oxygen atoms in total. The molecule has 1 amide bonds. The van der Waals surface area contributed by atoms with Gasteiger partial charge in [0, 0.05) is 26.5 Å². The number of amides is 1. The second-order valence-corrected chi connectivity index (χ2v) is 3.49. The lowest BCUT2D eigenvalue weighted by atomic mass is 10.1. The summed E-state index contributed by atoms with van der Waals surface area (Å²) in [5.74, 6) is -0.617. The monoisotopic (exact) mass is 231 g/mol. The van der Waals surface area contributed by atoms with E-state index in [-0.39, 0.29) is 25.5 Å². The molecule has 16 heavy (non-hydrogen) atoms. The fraction of sp³-hybridized carbons (Fsp3) is 0.818. The van der Waals surface area contributed by atoms with Crippen molar-refractivity contribution >= 4 is 11.9 Å². The van der Waals surface area contributed by atoms with Crippen LogP contribution in [0.3, 0.4) is 0 Å². The highest BCUT2D eigenvalue weighted by Crippen LogP contribution is 2.08. The van der Waals surface area contributed by atoms with E-state index in [4.69, 9.17) is 9.84 Å². The molecule has 0 aromatic carbocycles. The van der Waals surface area contributed by atoms with Crippen LogP contribution in [0.25, 0.3) is 0 Å². The van der Waals surface area contributed by atoms with Crippen LogP contribution in [-0.2, 0) is 14.3 Å². The maximum Gasteiger partial charge on any atom is 0.328 e. The van der Waals surface area contributed by atoms with Crippen LogP contribution in [-0.4, -0.2) is 47.7 Å². The first-order valence-electron chi connectivity index (χ1n) is 5.63. The summed E-state index contributed by atoms with van der Waals surface area (Å²) >= 11 is 0. The van der Waals surface area contributed by atoms with Crippen LogP contribution < -0.4 is 0 Å². The zero-order valence-corrected chi connectivity index (χ0v) is 10.2. The van der Waals surface area contributed by atoms with Gasteiger partial charge in [-0.05, 0) is 13.3 Å². The summed E-state index contributed by atoms with van der Waals surface area (Å²) in [7, 11) is 0. The zero-order valence-electron chi connectivity index (χ0n) is 10.2. The van der Waals surface area contributed by atoms with Crippen LogP contribution >= 0.6 is 0 Å². The van der Waals surface area contributed by atoms with Crippen molar-refractivity contribution in [2.75, 3.05) is 19.8 Å². The first kappa shape index (κ1) is 14.9. The minimum atomic E-state index is -0.664. The minimum absolute atomic E-state index is 0.142. The molecule has 0 saturated carbocycles. The van der Waals surface area contributed by atoms with Crippen LogP contribution in [0.1, 0.15) is 33.6 Å². The van der Waals surface area contributed by atoms with E-state index in [1.165, 1.54) is 11.8 Å². The molecule has 0 heterocycles. The Kier molecular flexibility index (Phi) is 7.54. The van der Waals surface area contributed by atoms with E-state index < -0.39 is 12.0 Å². The Bertz CT molecular complexity index is 230. The van der Waals surface area contributed by atoms with Gasteiger partial charge in [0.15, 0.2) is 0 Å². The van der Waals surface area contributed by atoms with E-state index in [1.807, 2.05) is 6.92 Å². The molecule has 94 valence electrons. The average Bonchev–Trinajstić information content (AvgIpc) is 2.23. The van der Waals surface area contributed by atoms with Crippen LogP contribution in [0.15, 0.2) is 0 Å². The van der Waals surface area contributed by atoms with Crippen molar-refractivity contribution in [3.8, 4) is 0 Å². The number of carbonyl (C=O) groups is 2. The maximum absolute atomic E-state index is 11.6. The highest BCUT2D eigenvalue weighted by molar-refractivity contribution is 5.83. The van der Waals surface area contributed by atoms with Crippen molar-refractivity contribution in [2.45, 2.75) is 39.7 Å². The summed E-state index contributed by atoms with van der Waals surface area (Å²) in [6.07, 6.45) is 0.985. The molecule has 0 saturated heterocycles. The van der Waals surface area contributed by atoms with Gasteiger partial charge in [0.1, 0.15) is 6.04 Å². The lowest BCUT2D eigenvalue weighted by Crippen LogP contribution is -2.45. The molecule has 1 atom stereocenters. The normalized spacial score (nSPS) is 12.0. The van der Waals surface area contributed by atoms with E-state index in [2.05, 4.69) is 0 Å². The number of aliphatic hydroxyl groups excluding tert-OH is 1. The topological polar surface area (TPSA) is 66.8 Å². The minimum Gasteiger partial charge on any atom is -0.464 e. The molecular formula is C11H21NO4. The van der Waals surface area contributed by atoms with Gasteiger partial charge < -0.3 is 14.7 Å². The lowest BCUT2D eigenvalue weighted by Gasteiger charge is -2.28. The first-order valence-corrected chi connectivity index (χ1v) is 5.63. The maximum atomic E-state index is 11.6. The Morgan fingerprint density at radius 2 is 2.00 bits per heavy atom. The van der Waals surface area contributed by atoms with Gasteiger partial charge in [-0.2, -0.15) is 0 Å². The van der Waals surface area contributed by atoms with E-state index >= 15 is 0 Å². The van der Waals surface area contributed by atoms with Gasteiger partial charge in [-0.15, -0.1) is 0 Å². The van der Waals surface area contributed by atoms with Gasteiger partial charge in [-0.25, -0.2) is 4.79 Å². The SMILES string of the molecule is CCCN(C(C)=O)C(CCO)C(=O)OCC. The number of hydrogen-bond acceptors (Lipinski definition) is 4. The first-order chi connectivity index (χ1) is 7.58. The lowest BCUT2D eigenvalue weighted by molar-refractivity contribution is -0.155. The van der Waals surface area contributed by atoms with E-state index in [0.29, 0.717) is 6.54 Å². The third-order valence-electron chi connectivity index (χ3n) is 2.21. The molecule has 0 spiro atoms. The van der Waals surface area contributed by atoms with Crippen molar-refractivity contribution in [2.24, 2.45) is 0 Å². The Balaban J connectivity index is 4.68. The highest BCUT2D eigenvalue weighted by atomic mass is 16.5. The molecule has 0 aliphatic rings. The highest BCUT2D eigenvalue weighted by Gasteiger charge is 2.27. The summed E-state index contributed by atoms with van der Waals surface area (Å²) in [6.45, 7) is 5.69. The molecule has 1 unspecified atom stereocenters. The summed E-state index contributed by atoms with van der Waals surface area (Å²) in [5, 5.41) is 8.91. The molecule has 0 aromatic heterocycles. The van der Waals surface area contributed by atoms with E-state index in [1.54, 1.807) is 6.92 Å². The Morgan fingerprint density at radius 3 is 2.38 bits per heavy atom. The van der Waals surface area contributed by atoms with E-state index in [9.17, 15) is 9.59 Å². The third-order valence-corrected chi connectivity index (χ3v) is 2.21. The molecule has 1 N–H and O–H groups in total. The molecule has 0 bridgehead atoms. The second kappa shape index (κ2) is 8.10. The largest absolute Gasteiger partial charge is 0.464 e. The number of ether oxygens (including phenoxy) is 1. The fourth-order valence-electron chi connectivity index (χ4n) is 1.54. The Labute approximate surface area is 96.4 Å². The molecule has 5 heteroatoms. The molecular weight excluding hydrogens is 210 g/mol. The molecule has 0 aliphatic heterocycles. The number of carbonyl (C=O) groups excluding carboxylic acids is 2. The van der Waals surface area contributed by atoms with Gasteiger partial charge in [0.2, 0.25) is 5.91 Å². The summed E-state index contributed by atoms with van der Waals surface area (Å²) in [6, 6.07) is -0.664. The van der Waals surface area contributed by atoms with Crippen LogP contribution in [0.2, 0.25) is 0 Å². The van der Waals surface area contributed by atoms with Crippen molar-refractivity contribution in [3.05, 3.63) is 0 Å². The zero-order chi connectivity index (χ0) is 12.6. The van der Waals surface area contributed by atoms with Crippen molar-refractivity contribution < 1.29 is 19.4 Å². The molecule has 0 rings (SSSR count). The third kappa shape index (κ3) is 4.61. The quantitative estimate of drug-likeness (QED) is 0.650. The van der Waals surface area contributed by atoms with Gasteiger partial charge in [0.05, 0.1) is 6.61 Å². The average molecular weight is 231 g/mol. The second-order valence-electron chi connectivity index (χ2n) is 3.49. The van der Waals surface area contributed by atoms with Gasteiger partial charge >= 0.3 is 5.97 Å². The smallest absolute Gasteiger partial charge is 0.328 e. The number of aliphatic hydroxyl groups is 1. The van der Waals surface area contributed by atoms with Crippen LogP contribution in [0, 0.1) is 0 Å². The summed E-state index contributed by atoms with van der Waals surface area (Å²) in [5.41, 5.74) is 0. The summed E-state index contributed by atoms with van der Waals surface area (Å²) < 4.78 is 4.89. The number of hydrogen-bond donors (Lipinski definition) is 1. The number of rotatable bonds is 7. The van der Waals surface area contributed by atoms with Crippen LogP contribution in [0.4, 0.5) is 0 Å². The van der Waals surface area contributed by atoms with Gasteiger partial charge in [-0.3, -0.25) is 4.79 Å². The van der Waals surface area contributed by atoms with Gasteiger partial charge in [-0.1, -0.05) is 6.92 Å². The van der Waals surface area contributed by atoms with E-state index in [0.717, 1.165) is 6.42 Å². The van der Waals surface area contributed by atoms with Crippen molar-refractivity contribution in [3.63, 3.8) is 0 Å². The van der Waals surface area contributed by atoms with Crippen molar-refractivity contribution in [1.29, 1.82) is 0 Å². The standard InChI is InChI=1S/C11H21NO4/c1-4-7-12(9(3)14)10(6-8-13)11(15)16-5-2/h10,13H,4-8H2,1-3H3. The number of esters is 1. The number of nitrogens with zero attached hydrogens (tertiary/aromatic N) is 1. The molecule has 0 radical (unpaired) electrons. The molecule has 0 aliphatic carbocycles. The van der Waals surface area contributed by atoms with Gasteiger partial charge in [0.25, 0.3) is 0 Å². The van der Waals surface area contributed by atoms with Crippen LogP contribution in [0.5, 0.6) is 0 Å². The summed E-state index contributed by atoms with van der Waals surface area (Å²) in [4.78, 5) is 24.5. The predicted molar refractivity (Wildman–Crippen MR) is 59.8 cm³/mol. The molecule has 0 aromatic rings. The fourth-order valence-corrected chi connectivity index (χ4v) is 1.54. The van der Waals surface area contributed by atoms with Crippen molar-refractivity contribution in [1.82, 2.24) is 4.90 Å². The molecule has 0 fully saturated rings. The Morgan fingerprint density at radius 1 is 1.38 bits per heavy atom.